The molecular formula is C10H11FN2O4S2. The van der Waals surface area contributed by atoms with Crippen LogP contribution < -0.4 is 0 Å². The molecule has 1 aliphatic rings. The van der Waals surface area contributed by atoms with Crippen molar-refractivity contribution < 1.29 is 17.7 Å². The standard InChI is InChI=1S/C10H11FN2O4S2/c11-8-2-1-3-9(10(8)13(14)15)19(16,17)12-4-6-18-7-5-12/h1-3H,4-7H2. The van der Waals surface area contributed by atoms with Gasteiger partial charge in [-0.1, -0.05) is 6.07 Å². The maximum Gasteiger partial charge on any atom is 0.324 e. The van der Waals surface area contributed by atoms with Gasteiger partial charge in [-0.2, -0.15) is 20.5 Å². The third-order valence-corrected chi connectivity index (χ3v) is 5.59. The fourth-order valence-corrected chi connectivity index (χ4v) is 4.55. The summed E-state index contributed by atoms with van der Waals surface area (Å²) >= 11 is 1.61. The molecule has 19 heavy (non-hydrogen) atoms. The van der Waals surface area contributed by atoms with Gasteiger partial charge >= 0.3 is 5.69 Å². The Labute approximate surface area is 113 Å². The SMILES string of the molecule is O=[N+]([O-])c1c(F)cccc1S(=O)(=O)N1CCSCC1. The van der Waals surface area contributed by atoms with E-state index in [1.54, 1.807) is 11.8 Å². The number of hydrogen-bond donors (Lipinski definition) is 0. The summed E-state index contributed by atoms with van der Waals surface area (Å²) in [4.78, 5) is 9.27. The van der Waals surface area contributed by atoms with Crippen LogP contribution in [-0.4, -0.2) is 42.2 Å². The number of benzene rings is 1. The second-order valence-corrected chi connectivity index (χ2v) is 6.99. The zero-order chi connectivity index (χ0) is 14.0. The number of nitro benzene ring substituents is 1. The predicted molar refractivity (Wildman–Crippen MR) is 69.1 cm³/mol. The van der Waals surface area contributed by atoms with Gasteiger partial charge in [0.1, 0.15) is 0 Å². The molecule has 0 unspecified atom stereocenters. The first-order valence-electron chi connectivity index (χ1n) is 5.45. The summed E-state index contributed by atoms with van der Waals surface area (Å²) < 4.78 is 39.2. The minimum atomic E-state index is -4.02. The summed E-state index contributed by atoms with van der Waals surface area (Å²) in [6.07, 6.45) is 0. The van der Waals surface area contributed by atoms with Crippen molar-refractivity contribution in [3.05, 3.63) is 34.1 Å². The number of para-hydroxylation sites is 1. The molecule has 0 saturated carbocycles. The Morgan fingerprint density at radius 2 is 1.95 bits per heavy atom. The number of sulfonamides is 1. The van der Waals surface area contributed by atoms with Crippen molar-refractivity contribution >= 4 is 27.5 Å². The molecule has 0 bridgehead atoms. The zero-order valence-corrected chi connectivity index (χ0v) is 11.4. The van der Waals surface area contributed by atoms with E-state index in [-0.39, 0.29) is 13.1 Å². The molecule has 0 radical (unpaired) electrons. The number of nitrogens with zero attached hydrogens (tertiary/aromatic N) is 2. The molecule has 0 spiro atoms. The van der Waals surface area contributed by atoms with Gasteiger partial charge in [0.05, 0.1) is 4.92 Å². The minimum Gasteiger partial charge on any atom is -0.258 e. The van der Waals surface area contributed by atoms with Gasteiger partial charge in [-0.3, -0.25) is 10.1 Å². The normalized spacial score (nSPS) is 17.3. The molecular weight excluding hydrogens is 295 g/mol. The molecule has 1 saturated heterocycles. The first-order chi connectivity index (χ1) is 8.94. The summed E-state index contributed by atoms with van der Waals surface area (Å²) in [5.41, 5.74) is -0.985. The lowest BCUT2D eigenvalue weighted by Crippen LogP contribution is -2.38. The number of hydrogen-bond acceptors (Lipinski definition) is 5. The number of halogens is 1. The Morgan fingerprint density at radius 3 is 2.53 bits per heavy atom. The van der Waals surface area contributed by atoms with Crippen LogP contribution in [0.1, 0.15) is 0 Å². The van der Waals surface area contributed by atoms with E-state index in [2.05, 4.69) is 0 Å². The topological polar surface area (TPSA) is 80.5 Å². The molecule has 1 aliphatic heterocycles. The van der Waals surface area contributed by atoms with Gasteiger partial charge in [0.25, 0.3) is 0 Å². The number of thioether (sulfide) groups is 1. The highest BCUT2D eigenvalue weighted by atomic mass is 32.2. The minimum absolute atomic E-state index is 0.278. The van der Waals surface area contributed by atoms with Gasteiger partial charge in [-0.15, -0.1) is 0 Å². The lowest BCUT2D eigenvalue weighted by atomic mass is 10.3. The van der Waals surface area contributed by atoms with Crippen LogP contribution in [0.3, 0.4) is 0 Å². The fourth-order valence-electron chi connectivity index (χ4n) is 1.81. The molecule has 1 fully saturated rings. The molecule has 9 heteroatoms. The zero-order valence-electron chi connectivity index (χ0n) is 9.78. The van der Waals surface area contributed by atoms with Gasteiger partial charge in [-0.25, -0.2) is 8.42 Å². The largest absolute Gasteiger partial charge is 0.324 e. The third-order valence-electron chi connectivity index (χ3n) is 2.72. The van der Waals surface area contributed by atoms with Crippen molar-refractivity contribution in [2.75, 3.05) is 24.6 Å². The van der Waals surface area contributed by atoms with Crippen LogP contribution in [0.2, 0.25) is 0 Å². The van der Waals surface area contributed by atoms with E-state index < -0.39 is 31.3 Å². The molecule has 2 rings (SSSR count). The molecule has 0 N–H and O–H groups in total. The molecule has 0 amide bonds. The molecule has 1 aromatic rings. The molecule has 0 aliphatic carbocycles. The number of nitro groups is 1. The number of rotatable bonds is 3. The molecule has 0 aromatic heterocycles. The van der Waals surface area contributed by atoms with Crippen molar-refractivity contribution in [1.82, 2.24) is 4.31 Å². The summed E-state index contributed by atoms with van der Waals surface area (Å²) in [5, 5.41) is 10.9. The Kier molecular flexibility index (Phi) is 4.07. The van der Waals surface area contributed by atoms with Crippen molar-refractivity contribution in [2.45, 2.75) is 4.90 Å². The van der Waals surface area contributed by atoms with Gasteiger partial charge in [0, 0.05) is 24.6 Å². The van der Waals surface area contributed by atoms with E-state index in [1.807, 2.05) is 0 Å². The van der Waals surface area contributed by atoms with Crippen molar-refractivity contribution in [3.8, 4) is 0 Å². The Morgan fingerprint density at radius 1 is 1.32 bits per heavy atom. The van der Waals surface area contributed by atoms with Crippen LogP contribution in [0.5, 0.6) is 0 Å². The molecule has 104 valence electrons. The van der Waals surface area contributed by atoms with E-state index in [0.717, 1.165) is 22.5 Å². The highest BCUT2D eigenvalue weighted by Gasteiger charge is 2.34. The molecule has 1 heterocycles. The van der Waals surface area contributed by atoms with Crippen LogP contribution >= 0.6 is 11.8 Å². The van der Waals surface area contributed by atoms with E-state index >= 15 is 0 Å². The Balaban J connectivity index is 2.51. The van der Waals surface area contributed by atoms with Gasteiger partial charge in [-0.05, 0) is 12.1 Å². The maximum absolute atomic E-state index is 13.5. The first kappa shape index (κ1) is 14.2. The fraction of sp³-hybridized carbons (Fsp3) is 0.400. The van der Waals surface area contributed by atoms with Crippen LogP contribution in [0.25, 0.3) is 0 Å². The van der Waals surface area contributed by atoms with Gasteiger partial charge < -0.3 is 0 Å². The average Bonchev–Trinajstić information content (AvgIpc) is 2.39. The summed E-state index contributed by atoms with van der Waals surface area (Å²) in [6, 6.07) is 3.11. The predicted octanol–water partition coefficient (Wildman–Crippen LogP) is 1.47. The lowest BCUT2D eigenvalue weighted by molar-refractivity contribution is -0.390. The second-order valence-electron chi connectivity index (χ2n) is 3.86. The van der Waals surface area contributed by atoms with Gasteiger partial charge in [0.15, 0.2) is 4.90 Å². The quantitative estimate of drug-likeness (QED) is 0.624. The highest BCUT2D eigenvalue weighted by molar-refractivity contribution is 7.99. The average molecular weight is 306 g/mol. The Bertz CT molecular complexity index is 600. The van der Waals surface area contributed by atoms with Crippen LogP contribution in [0, 0.1) is 15.9 Å². The van der Waals surface area contributed by atoms with Crippen molar-refractivity contribution in [2.24, 2.45) is 0 Å². The Hall–Kier alpha value is -1.19. The van der Waals surface area contributed by atoms with E-state index in [1.165, 1.54) is 0 Å². The van der Waals surface area contributed by atoms with Crippen molar-refractivity contribution in [1.29, 1.82) is 0 Å². The smallest absolute Gasteiger partial charge is 0.258 e. The summed E-state index contributed by atoms with van der Waals surface area (Å²) in [7, 11) is -4.02. The van der Waals surface area contributed by atoms with Gasteiger partial charge in [0.2, 0.25) is 15.8 Å². The second kappa shape index (κ2) is 5.43. The summed E-state index contributed by atoms with van der Waals surface area (Å²) in [6.45, 7) is 0.557. The summed E-state index contributed by atoms with van der Waals surface area (Å²) in [5.74, 6) is 0.113. The first-order valence-corrected chi connectivity index (χ1v) is 8.05. The molecule has 0 atom stereocenters. The van der Waals surface area contributed by atoms with Crippen molar-refractivity contribution in [3.63, 3.8) is 0 Å². The molecule has 1 aromatic carbocycles. The van der Waals surface area contributed by atoms with Crippen LogP contribution in [0.15, 0.2) is 23.1 Å². The molecule has 6 nitrogen and oxygen atoms in total. The highest BCUT2D eigenvalue weighted by Crippen LogP contribution is 2.30. The lowest BCUT2D eigenvalue weighted by Gasteiger charge is -2.25. The van der Waals surface area contributed by atoms with E-state index in [9.17, 15) is 22.9 Å². The maximum atomic E-state index is 13.5. The van der Waals surface area contributed by atoms with E-state index in [4.69, 9.17) is 0 Å². The monoisotopic (exact) mass is 306 g/mol. The third kappa shape index (κ3) is 2.72. The van der Waals surface area contributed by atoms with Crippen LogP contribution in [-0.2, 0) is 10.0 Å². The van der Waals surface area contributed by atoms with Crippen LogP contribution in [0.4, 0.5) is 10.1 Å². The van der Waals surface area contributed by atoms with E-state index in [0.29, 0.717) is 11.5 Å².